The Labute approximate surface area is 211 Å². The molecule has 1 aromatic carbocycles. The quantitative estimate of drug-likeness (QED) is 0.449. The molecule has 1 saturated heterocycles. The number of carboxylic acids is 1. The van der Waals surface area contributed by atoms with Crippen LogP contribution in [-0.2, 0) is 19.1 Å². The topological polar surface area (TPSA) is 141 Å². The number of allylic oxidation sites excluding steroid dienone is 1. The molecule has 0 bridgehead atoms. The number of pyridine rings is 1. The Hall–Kier alpha value is -4.25. The molecule has 10 nitrogen and oxygen atoms in total. The second kappa shape index (κ2) is 9.00. The van der Waals surface area contributed by atoms with Crippen molar-refractivity contribution >= 4 is 40.4 Å². The Morgan fingerprint density at radius 2 is 2.08 bits per heavy atom. The number of hydrogen-bond acceptors (Lipinski definition) is 7. The average Bonchev–Trinajstić information content (AvgIpc) is 3.48. The number of anilines is 2. The number of aliphatic hydroxyl groups is 1. The summed E-state index contributed by atoms with van der Waals surface area (Å²) in [5.74, 6) is -1.72. The molecule has 0 spiro atoms. The average molecular weight is 509 g/mol. The zero-order valence-corrected chi connectivity index (χ0v) is 20.1. The van der Waals surface area contributed by atoms with Crippen molar-refractivity contribution in [1.29, 1.82) is 0 Å². The largest absolute Gasteiger partial charge is 0.482 e. The first-order chi connectivity index (χ1) is 17.5. The van der Waals surface area contributed by atoms with Crippen LogP contribution in [0.2, 0.25) is 0 Å². The summed E-state index contributed by atoms with van der Waals surface area (Å²) < 4.78 is 20.0. The van der Waals surface area contributed by atoms with Gasteiger partial charge >= 0.3 is 5.97 Å². The predicted molar refractivity (Wildman–Crippen MR) is 132 cm³/mol. The smallest absolute Gasteiger partial charge is 0.322 e. The number of nitrogens with zero attached hydrogens (tertiary/aromatic N) is 2. The Balaban J connectivity index is 1.44. The summed E-state index contributed by atoms with van der Waals surface area (Å²) in [6.07, 6.45) is 2.75. The van der Waals surface area contributed by atoms with Gasteiger partial charge in [-0.3, -0.25) is 14.4 Å². The normalized spacial score (nSPS) is 23.8. The van der Waals surface area contributed by atoms with Gasteiger partial charge in [-0.15, -0.1) is 0 Å². The van der Waals surface area contributed by atoms with Crippen LogP contribution in [0.5, 0.6) is 0 Å². The van der Waals surface area contributed by atoms with Crippen LogP contribution in [0.3, 0.4) is 0 Å². The first-order valence-corrected chi connectivity index (χ1v) is 11.7. The lowest BCUT2D eigenvalue weighted by molar-refractivity contribution is -0.138. The molecule has 0 radical (unpaired) electrons. The summed E-state index contributed by atoms with van der Waals surface area (Å²) in [5.41, 5.74) is 1.85. The van der Waals surface area contributed by atoms with Crippen LogP contribution < -0.4 is 15.5 Å². The fourth-order valence-electron chi connectivity index (χ4n) is 4.91. The number of carbonyl (C=O) groups is 3. The monoisotopic (exact) mass is 508 g/mol. The number of rotatable bonds is 5. The van der Waals surface area contributed by atoms with Crippen LogP contribution in [0.1, 0.15) is 31.4 Å². The number of carbonyl (C=O) groups excluding carboxylic acids is 2. The van der Waals surface area contributed by atoms with E-state index in [1.165, 1.54) is 18.2 Å². The Kier molecular flexibility index (Phi) is 5.95. The Bertz CT molecular complexity index is 1370. The van der Waals surface area contributed by atoms with Crippen molar-refractivity contribution in [1.82, 2.24) is 10.3 Å². The van der Waals surface area contributed by atoms with E-state index in [-0.39, 0.29) is 24.4 Å². The molecular weight excluding hydrogens is 483 g/mol. The molecule has 2 aromatic rings. The van der Waals surface area contributed by atoms with Gasteiger partial charge in [0.15, 0.2) is 0 Å². The molecule has 0 saturated carbocycles. The van der Waals surface area contributed by atoms with Crippen molar-refractivity contribution in [2.45, 2.75) is 38.0 Å². The van der Waals surface area contributed by atoms with Gasteiger partial charge in [0.05, 0.1) is 11.7 Å². The Morgan fingerprint density at radius 1 is 1.30 bits per heavy atom. The van der Waals surface area contributed by atoms with E-state index in [9.17, 15) is 23.9 Å². The van der Waals surface area contributed by atoms with Crippen molar-refractivity contribution < 1.29 is 33.7 Å². The van der Waals surface area contributed by atoms with Crippen molar-refractivity contribution in [2.75, 3.05) is 23.3 Å². The highest BCUT2D eigenvalue weighted by atomic mass is 19.1. The van der Waals surface area contributed by atoms with E-state index >= 15 is 0 Å². The number of halogens is 1. The molecule has 37 heavy (non-hydrogen) atoms. The highest BCUT2D eigenvalue weighted by Crippen LogP contribution is 2.44. The maximum Gasteiger partial charge on any atom is 0.322 e. The molecule has 4 N–H and O–H groups in total. The zero-order chi connectivity index (χ0) is 26.5. The molecule has 3 aliphatic rings. The number of carboxylic acid groups (broad SMARTS) is 1. The lowest BCUT2D eigenvalue weighted by atomic mass is 9.93. The predicted octanol–water partition coefficient (Wildman–Crippen LogP) is 1.92. The van der Waals surface area contributed by atoms with Gasteiger partial charge in [0, 0.05) is 41.5 Å². The van der Waals surface area contributed by atoms with Gasteiger partial charge in [-0.1, -0.05) is 0 Å². The Morgan fingerprint density at radius 3 is 2.78 bits per heavy atom. The molecule has 0 unspecified atom stereocenters. The number of fused-ring (bicyclic) bond motifs is 1. The lowest BCUT2D eigenvalue weighted by Crippen LogP contribution is -2.45. The molecule has 11 heteroatoms. The van der Waals surface area contributed by atoms with Gasteiger partial charge in [0.1, 0.15) is 35.6 Å². The molecule has 2 amide bonds. The zero-order valence-electron chi connectivity index (χ0n) is 20.1. The standard InChI is InChI=1S/C26H25FN4O6/c1-26(2)17(9-20(37-26)23-16-7-14(27)4-5-18(16)30-25(23)36)13-3-6-21(28-10-13)31-12-15(32)8-19(31)24(35)29-11-22(33)34/h3-7,9-10,15,19,32H,8,11-12H2,1-2H3,(H,29,35)(H,30,36)(H,33,34)/b23-20+/t15-,19+/m1/s1. The van der Waals surface area contributed by atoms with Crippen LogP contribution >= 0.6 is 0 Å². The van der Waals surface area contributed by atoms with Gasteiger partial charge in [-0.2, -0.15) is 0 Å². The van der Waals surface area contributed by atoms with E-state index in [4.69, 9.17) is 9.84 Å². The summed E-state index contributed by atoms with van der Waals surface area (Å²) in [5, 5.41) is 24.1. The van der Waals surface area contributed by atoms with E-state index < -0.39 is 42.0 Å². The number of aliphatic hydroxyl groups excluding tert-OH is 1. The number of hydrogen-bond donors (Lipinski definition) is 4. The molecule has 1 aromatic heterocycles. The van der Waals surface area contributed by atoms with Gasteiger partial charge in [0.2, 0.25) is 5.91 Å². The minimum absolute atomic E-state index is 0.155. The lowest BCUT2D eigenvalue weighted by Gasteiger charge is -2.26. The highest BCUT2D eigenvalue weighted by molar-refractivity contribution is 6.32. The third-order valence-corrected chi connectivity index (χ3v) is 6.61. The molecule has 4 heterocycles. The van der Waals surface area contributed by atoms with Gasteiger partial charge in [-0.05, 0) is 50.3 Å². The SMILES string of the molecule is CC1(C)O/C(=C2/C(=O)Nc3ccc(F)cc32)C=C1c1ccc(N2C[C@H](O)C[C@H]2C(=O)NCC(=O)O)nc1. The number of ether oxygens (including phenoxy) is 1. The number of β-amino-alcohol motifs (C(OH)–C–C–N with tert-alkyl or cyclic N) is 1. The van der Waals surface area contributed by atoms with Crippen LogP contribution in [0, 0.1) is 5.82 Å². The molecule has 1 fully saturated rings. The number of nitrogens with one attached hydrogen (secondary N) is 2. The summed E-state index contributed by atoms with van der Waals surface area (Å²) >= 11 is 0. The minimum atomic E-state index is -1.16. The fourth-order valence-corrected chi connectivity index (χ4v) is 4.91. The van der Waals surface area contributed by atoms with E-state index in [1.807, 2.05) is 13.8 Å². The van der Waals surface area contributed by atoms with Crippen LogP contribution in [0.4, 0.5) is 15.9 Å². The van der Waals surface area contributed by atoms with Gasteiger partial charge in [0.25, 0.3) is 5.91 Å². The second-order valence-corrected chi connectivity index (χ2v) is 9.63. The third kappa shape index (κ3) is 4.53. The van der Waals surface area contributed by atoms with Crippen LogP contribution in [-0.4, -0.2) is 63.8 Å². The van der Waals surface area contributed by atoms with Gasteiger partial charge in [-0.25, -0.2) is 9.37 Å². The molecule has 5 rings (SSSR count). The van der Waals surface area contributed by atoms with E-state index in [0.717, 1.165) is 5.57 Å². The summed E-state index contributed by atoms with van der Waals surface area (Å²) in [4.78, 5) is 42.1. The highest BCUT2D eigenvalue weighted by Gasteiger charge is 2.39. The fraction of sp³-hybridized carbons (Fsp3) is 0.308. The van der Waals surface area contributed by atoms with E-state index in [1.54, 1.807) is 29.3 Å². The summed E-state index contributed by atoms with van der Waals surface area (Å²) in [6, 6.07) is 6.83. The number of amides is 2. The van der Waals surface area contributed by atoms with E-state index in [2.05, 4.69) is 15.6 Å². The number of aromatic nitrogens is 1. The van der Waals surface area contributed by atoms with E-state index in [0.29, 0.717) is 28.4 Å². The van der Waals surface area contributed by atoms with Crippen molar-refractivity contribution in [2.24, 2.45) is 0 Å². The number of aliphatic carboxylic acids is 1. The number of benzene rings is 1. The second-order valence-electron chi connectivity index (χ2n) is 9.63. The molecule has 192 valence electrons. The van der Waals surface area contributed by atoms with Crippen molar-refractivity contribution in [3.63, 3.8) is 0 Å². The maximum absolute atomic E-state index is 13.9. The molecule has 0 aliphatic carbocycles. The third-order valence-electron chi connectivity index (χ3n) is 6.61. The maximum atomic E-state index is 13.9. The van der Waals surface area contributed by atoms with Crippen molar-refractivity contribution in [3.05, 3.63) is 65.3 Å². The van der Waals surface area contributed by atoms with Crippen molar-refractivity contribution in [3.8, 4) is 0 Å². The van der Waals surface area contributed by atoms with Gasteiger partial charge < -0.3 is 30.5 Å². The molecular formula is C26H25FN4O6. The molecule has 3 aliphatic heterocycles. The summed E-state index contributed by atoms with van der Waals surface area (Å²) in [7, 11) is 0. The first-order valence-electron chi connectivity index (χ1n) is 11.7. The first kappa shape index (κ1) is 24.4. The molecule has 2 atom stereocenters. The minimum Gasteiger partial charge on any atom is -0.482 e. The van der Waals surface area contributed by atoms with Crippen LogP contribution in [0.25, 0.3) is 11.1 Å². The van der Waals surface area contributed by atoms with Crippen LogP contribution in [0.15, 0.2) is 48.4 Å². The summed E-state index contributed by atoms with van der Waals surface area (Å²) in [6.45, 7) is 3.36.